The van der Waals surface area contributed by atoms with Crippen LogP contribution in [0.1, 0.15) is 34.1 Å². The Morgan fingerprint density at radius 3 is 2.74 bits per heavy atom. The van der Waals surface area contributed by atoms with Crippen molar-refractivity contribution in [2.45, 2.75) is 32.5 Å². The van der Waals surface area contributed by atoms with E-state index in [-0.39, 0.29) is 31.2 Å². The molecule has 0 aliphatic carbocycles. The monoisotopic (exact) mass is 376 g/mol. The maximum atomic E-state index is 12.1. The summed E-state index contributed by atoms with van der Waals surface area (Å²) in [6.07, 6.45) is 0.427. The number of carbonyl (C=O) groups excluding carboxylic acids is 1. The molecule has 3 N–H and O–H groups in total. The highest BCUT2D eigenvalue weighted by molar-refractivity contribution is 5.84. The number of carboxylic acid groups (broad SMARTS) is 2. The van der Waals surface area contributed by atoms with E-state index in [0.717, 1.165) is 11.4 Å². The van der Waals surface area contributed by atoms with Crippen LogP contribution in [-0.4, -0.2) is 55.8 Å². The average Bonchev–Trinajstić information content (AvgIpc) is 3.24. The molecule has 10 nitrogen and oxygen atoms in total. The molecule has 27 heavy (non-hydrogen) atoms. The van der Waals surface area contributed by atoms with E-state index in [4.69, 9.17) is 14.6 Å². The third-order valence-electron chi connectivity index (χ3n) is 4.22. The third kappa shape index (κ3) is 4.94. The standard InChI is InChI=1S/C17H20N4O6/c22-15(18-8-13-2-3-14(27-13)17(25)26)10-20-5-6-21-12(9-20)7-11(19-21)1-4-16(23)24/h2-3,7H,1,4-6,8-10H2,(H,18,22)(H,23,24)(H,25,26). The summed E-state index contributed by atoms with van der Waals surface area (Å²) in [7, 11) is 0. The van der Waals surface area contributed by atoms with Gasteiger partial charge in [0.15, 0.2) is 0 Å². The summed E-state index contributed by atoms with van der Waals surface area (Å²) >= 11 is 0. The number of aliphatic carboxylic acids is 1. The molecule has 0 saturated carbocycles. The van der Waals surface area contributed by atoms with Crippen molar-refractivity contribution in [3.05, 3.63) is 41.1 Å². The summed E-state index contributed by atoms with van der Waals surface area (Å²) < 4.78 is 6.94. The Labute approximate surface area is 154 Å². The molecule has 144 valence electrons. The number of nitrogens with one attached hydrogen (secondary N) is 1. The molecule has 0 atom stereocenters. The summed E-state index contributed by atoms with van der Waals surface area (Å²) in [6.45, 7) is 2.16. The van der Waals surface area contributed by atoms with E-state index in [1.54, 1.807) is 0 Å². The number of aryl methyl sites for hydroxylation is 1. The van der Waals surface area contributed by atoms with Gasteiger partial charge in [0.2, 0.25) is 11.7 Å². The van der Waals surface area contributed by atoms with E-state index in [1.807, 2.05) is 15.6 Å². The van der Waals surface area contributed by atoms with Crippen LogP contribution in [0.25, 0.3) is 0 Å². The lowest BCUT2D eigenvalue weighted by atomic mass is 10.2. The molecule has 10 heteroatoms. The van der Waals surface area contributed by atoms with Gasteiger partial charge in [-0.3, -0.25) is 19.2 Å². The minimum atomic E-state index is -1.15. The number of rotatable bonds is 8. The Morgan fingerprint density at radius 1 is 1.22 bits per heavy atom. The normalized spacial score (nSPS) is 13.9. The highest BCUT2D eigenvalue weighted by Gasteiger charge is 2.20. The maximum Gasteiger partial charge on any atom is 0.371 e. The van der Waals surface area contributed by atoms with Gasteiger partial charge in [-0.25, -0.2) is 4.79 Å². The summed E-state index contributed by atoms with van der Waals surface area (Å²) in [5, 5.41) is 24.7. The number of nitrogens with zero attached hydrogens (tertiary/aromatic N) is 3. The zero-order valence-electron chi connectivity index (χ0n) is 14.6. The van der Waals surface area contributed by atoms with Gasteiger partial charge < -0.3 is 19.9 Å². The summed E-state index contributed by atoms with van der Waals surface area (Å²) in [5.74, 6) is -1.99. The molecule has 0 spiro atoms. The third-order valence-corrected chi connectivity index (χ3v) is 4.22. The van der Waals surface area contributed by atoms with E-state index in [0.29, 0.717) is 31.8 Å². The highest BCUT2D eigenvalue weighted by Crippen LogP contribution is 2.14. The Bertz CT molecular complexity index is 855. The molecular formula is C17H20N4O6. The molecule has 0 radical (unpaired) electrons. The lowest BCUT2D eigenvalue weighted by molar-refractivity contribution is -0.137. The molecular weight excluding hydrogens is 356 g/mol. The first-order valence-electron chi connectivity index (χ1n) is 8.49. The van der Waals surface area contributed by atoms with Crippen molar-refractivity contribution in [1.29, 1.82) is 0 Å². The fraction of sp³-hybridized carbons (Fsp3) is 0.412. The van der Waals surface area contributed by atoms with Crippen LogP contribution < -0.4 is 5.32 Å². The molecule has 0 fully saturated rings. The lowest BCUT2D eigenvalue weighted by Crippen LogP contribution is -2.41. The first-order valence-corrected chi connectivity index (χ1v) is 8.49. The number of hydrogen-bond donors (Lipinski definition) is 3. The molecule has 0 saturated heterocycles. The van der Waals surface area contributed by atoms with Gasteiger partial charge >= 0.3 is 11.9 Å². The van der Waals surface area contributed by atoms with Crippen LogP contribution in [0.4, 0.5) is 0 Å². The Hall–Kier alpha value is -3.14. The van der Waals surface area contributed by atoms with Gasteiger partial charge in [0, 0.05) is 19.5 Å². The predicted octanol–water partition coefficient (Wildman–Crippen LogP) is 0.324. The highest BCUT2D eigenvalue weighted by atomic mass is 16.4. The number of amides is 1. The van der Waals surface area contributed by atoms with Gasteiger partial charge in [-0.2, -0.15) is 5.10 Å². The first kappa shape index (κ1) is 18.6. The van der Waals surface area contributed by atoms with Gasteiger partial charge in [0.1, 0.15) is 5.76 Å². The van der Waals surface area contributed by atoms with Crippen molar-refractivity contribution in [3.8, 4) is 0 Å². The van der Waals surface area contributed by atoms with Gasteiger partial charge in [0.05, 0.1) is 37.4 Å². The van der Waals surface area contributed by atoms with E-state index >= 15 is 0 Å². The van der Waals surface area contributed by atoms with Gasteiger partial charge in [-0.1, -0.05) is 0 Å². The molecule has 0 aromatic carbocycles. The summed E-state index contributed by atoms with van der Waals surface area (Å²) in [5.41, 5.74) is 1.69. The minimum Gasteiger partial charge on any atom is -0.481 e. The van der Waals surface area contributed by atoms with Gasteiger partial charge in [0.25, 0.3) is 0 Å². The second-order valence-corrected chi connectivity index (χ2v) is 6.30. The SMILES string of the molecule is O=C(O)CCc1cc2n(n1)CCN(CC(=O)NCc1ccc(C(=O)O)o1)C2. The number of aromatic carboxylic acids is 1. The second kappa shape index (κ2) is 8.04. The van der Waals surface area contributed by atoms with Crippen LogP contribution >= 0.6 is 0 Å². The zero-order chi connectivity index (χ0) is 19.4. The number of furan rings is 1. The topological polar surface area (TPSA) is 138 Å². The van der Waals surface area contributed by atoms with Crippen LogP contribution in [0.2, 0.25) is 0 Å². The van der Waals surface area contributed by atoms with Crippen molar-refractivity contribution in [1.82, 2.24) is 20.0 Å². The van der Waals surface area contributed by atoms with Gasteiger partial charge in [-0.15, -0.1) is 0 Å². The largest absolute Gasteiger partial charge is 0.481 e. The molecule has 3 heterocycles. The Kier molecular flexibility index (Phi) is 5.55. The van der Waals surface area contributed by atoms with Crippen LogP contribution in [-0.2, 0) is 35.6 Å². The molecule has 3 rings (SSSR count). The molecule has 1 amide bonds. The number of fused-ring (bicyclic) bond motifs is 1. The first-order chi connectivity index (χ1) is 12.9. The van der Waals surface area contributed by atoms with Crippen LogP contribution in [0.5, 0.6) is 0 Å². The van der Waals surface area contributed by atoms with Crippen LogP contribution in [0.3, 0.4) is 0 Å². The molecule has 0 bridgehead atoms. The number of carboxylic acids is 2. The Balaban J connectivity index is 1.48. The minimum absolute atomic E-state index is 0.0406. The van der Waals surface area contributed by atoms with E-state index in [9.17, 15) is 14.4 Å². The second-order valence-electron chi connectivity index (χ2n) is 6.30. The maximum absolute atomic E-state index is 12.1. The molecule has 0 unspecified atom stereocenters. The Morgan fingerprint density at radius 2 is 2.04 bits per heavy atom. The van der Waals surface area contributed by atoms with Crippen LogP contribution in [0.15, 0.2) is 22.6 Å². The van der Waals surface area contributed by atoms with Crippen molar-refractivity contribution in [3.63, 3.8) is 0 Å². The van der Waals surface area contributed by atoms with E-state index in [1.165, 1.54) is 12.1 Å². The van der Waals surface area contributed by atoms with E-state index in [2.05, 4.69) is 10.4 Å². The molecule has 1 aliphatic heterocycles. The van der Waals surface area contributed by atoms with Crippen molar-refractivity contribution in [2.75, 3.05) is 13.1 Å². The number of hydrogen-bond acceptors (Lipinski definition) is 6. The smallest absolute Gasteiger partial charge is 0.371 e. The summed E-state index contributed by atoms with van der Waals surface area (Å²) in [4.78, 5) is 35.5. The van der Waals surface area contributed by atoms with E-state index < -0.39 is 11.9 Å². The fourth-order valence-corrected chi connectivity index (χ4v) is 2.90. The zero-order valence-corrected chi connectivity index (χ0v) is 14.6. The van der Waals surface area contributed by atoms with Crippen molar-refractivity contribution in [2.24, 2.45) is 0 Å². The molecule has 1 aliphatic rings. The fourth-order valence-electron chi connectivity index (χ4n) is 2.90. The number of carbonyl (C=O) groups is 3. The van der Waals surface area contributed by atoms with Crippen molar-refractivity contribution < 1.29 is 29.0 Å². The van der Waals surface area contributed by atoms with Gasteiger partial charge in [-0.05, 0) is 18.2 Å². The number of aromatic nitrogens is 2. The average molecular weight is 376 g/mol. The molecule has 2 aromatic rings. The van der Waals surface area contributed by atoms with Crippen molar-refractivity contribution >= 4 is 17.8 Å². The van der Waals surface area contributed by atoms with Crippen LogP contribution in [0, 0.1) is 0 Å². The lowest BCUT2D eigenvalue weighted by Gasteiger charge is -2.26. The predicted molar refractivity (Wildman–Crippen MR) is 91.0 cm³/mol. The quantitative estimate of drug-likeness (QED) is 0.599. The molecule has 2 aromatic heterocycles. The summed E-state index contributed by atoms with van der Waals surface area (Å²) in [6, 6.07) is 4.74.